The van der Waals surface area contributed by atoms with Crippen molar-refractivity contribution in [1.29, 1.82) is 0 Å². The van der Waals surface area contributed by atoms with Crippen LogP contribution in [0.1, 0.15) is 88.6 Å². The van der Waals surface area contributed by atoms with Crippen LogP contribution in [0.2, 0.25) is 31.7 Å². The Hall–Kier alpha value is -0.646. The van der Waals surface area contributed by atoms with Crippen molar-refractivity contribution >= 4 is 17.1 Å². The molecule has 0 saturated heterocycles. The number of rotatable bonds is 7. The minimum atomic E-state index is -2.31. The van der Waals surface area contributed by atoms with Crippen LogP contribution in [0.25, 0.3) is 0 Å². The van der Waals surface area contributed by atoms with E-state index in [-0.39, 0.29) is 10.1 Å². The van der Waals surface area contributed by atoms with Crippen LogP contribution in [0, 0.1) is 0 Å². The second kappa shape index (κ2) is 9.46. The molecule has 0 bridgehead atoms. The molecule has 0 radical (unpaired) electrons. The van der Waals surface area contributed by atoms with Gasteiger partial charge in [0.25, 0.3) is 0 Å². The maximum Gasteiger partial charge on any atom is 0.210 e. The number of benzene rings is 1. The second-order valence-electron chi connectivity index (χ2n) is 13.4. The van der Waals surface area contributed by atoms with E-state index >= 15 is 0 Å². The van der Waals surface area contributed by atoms with E-state index in [1.54, 1.807) is 0 Å². The molecule has 0 aliphatic carbocycles. The predicted octanol–water partition coefficient (Wildman–Crippen LogP) is 9.13. The van der Waals surface area contributed by atoms with E-state index in [9.17, 15) is 0 Å². The molecule has 0 spiro atoms. The molecule has 0 aliphatic rings. The van der Waals surface area contributed by atoms with Crippen molar-refractivity contribution in [3.8, 4) is 0 Å². The zero-order chi connectivity index (χ0) is 23.6. The normalized spacial score (nSPS) is 15.4. The number of hydrogen-bond donors (Lipinski definition) is 0. The molecule has 1 aromatic carbocycles. The molecule has 0 aliphatic heterocycles. The van der Waals surface area contributed by atoms with Crippen molar-refractivity contribution < 1.29 is 4.43 Å². The summed E-state index contributed by atoms with van der Waals surface area (Å²) in [6, 6.07) is 12.0. The summed E-state index contributed by atoms with van der Waals surface area (Å²) < 4.78 is 7.21. The van der Waals surface area contributed by atoms with E-state index in [1.165, 1.54) is 11.6 Å². The smallest absolute Gasteiger partial charge is 0.210 e. The lowest BCUT2D eigenvalue weighted by atomic mass is 10.2. The van der Waals surface area contributed by atoms with Gasteiger partial charge in [-0.2, -0.15) is 0 Å². The van der Waals surface area contributed by atoms with Crippen LogP contribution < -0.4 is 0 Å². The van der Waals surface area contributed by atoms with E-state index in [0.29, 0.717) is 22.2 Å². The van der Waals surface area contributed by atoms with Crippen molar-refractivity contribution in [2.75, 3.05) is 0 Å². The maximum atomic E-state index is 7.21. The summed E-state index contributed by atoms with van der Waals surface area (Å²) in [4.78, 5) is 0. The van der Waals surface area contributed by atoms with Gasteiger partial charge >= 0.3 is 0 Å². The molecule has 1 unspecified atom stereocenters. The Labute approximate surface area is 191 Å². The Bertz CT molecular complexity index is 638. The zero-order valence-corrected chi connectivity index (χ0v) is 24.3. The molecule has 172 valence electrons. The van der Waals surface area contributed by atoms with Crippen LogP contribution in [-0.2, 0) is 11.0 Å². The van der Waals surface area contributed by atoms with E-state index in [1.807, 2.05) is 0 Å². The number of hydrogen-bond acceptors (Lipinski definition) is 1. The molecule has 0 heterocycles. The average molecular weight is 447 g/mol. The van der Waals surface area contributed by atoms with Crippen molar-refractivity contribution in [2.45, 2.75) is 121 Å². The molecule has 0 amide bonds. The number of allylic oxidation sites excluding steroid dienone is 1. The molecule has 1 rings (SSSR count). The third-order valence-corrected chi connectivity index (χ3v) is 19.1. The minimum Gasteiger partial charge on any atom is -0.411 e. The Morgan fingerprint density at radius 1 is 0.833 bits per heavy atom. The van der Waals surface area contributed by atoms with Gasteiger partial charge in [-0.1, -0.05) is 126 Å². The quantitative estimate of drug-likeness (QED) is 0.299. The maximum absolute atomic E-state index is 7.21. The highest BCUT2D eigenvalue weighted by Crippen LogP contribution is 2.61. The molecule has 0 saturated carbocycles. The first-order valence-electron chi connectivity index (χ1n) is 11.7. The first kappa shape index (κ1) is 27.4. The summed E-state index contributed by atoms with van der Waals surface area (Å²) in [6.45, 7) is 34.3. The lowest BCUT2D eigenvalue weighted by Crippen LogP contribution is -2.58. The SMILES string of the molecule is C=CC(C[SiH](C(C)(C)C)C(C)(C)C)[Si](OCc1ccccc1)(C(C)(C)C)C(C)(C)C. The standard InChI is InChI=1S/C27H50OSi2/c1-14-23(21-29(24(2,3)4)25(5,6)7)30(26(8,9)10,27(11,12)13)28-20-22-18-16-15-17-19-22/h14-19,23,29H,1,20-21H2,2-13H3. The molecular weight excluding hydrogens is 396 g/mol. The fourth-order valence-corrected chi connectivity index (χ4v) is 19.3. The van der Waals surface area contributed by atoms with Gasteiger partial charge < -0.3 is 4.43 Å². The van der Waals surface area contributed by atoms with E-state index in [4.69, 9.17) is 4.43 Å². The van der Waals surface area contributed by atoms with Gasteiger partial charge in [0, 0.05) is 8.80 Å². The Balaban J connectivity index is 3.54. The zero-order valence-electron chi connectivity index (χ0n) is 22.1. The summed E-state index contributed by atoms with van der Waals surface area (Å²) in [7, 11) is -3.46. The molecule has 3 heteroatoms. The fraction of sp³-hybridized carbons (Fsp3) is 0.704. The highest BCUT2D eigenvalue weighted by atomic mass is 28.4. The Morgan fingerprint density at radius 2 is 1.27 bits per heavy atom. The lowest BCUT2D eigenvalue weighted by Gasteiger charge is -2.56. The Morgan fingerprint density at radius 3 is 1.60 bits per heavy atom. The van der Waals surface area contributed by atoms with Crippen molar-refractivity contribution in [3.05, 3.63) is 48.6 Å². The summed E-state index contributed by atoms with van der Waals surface area (Å²) in [5.74, 6) is 0. The fourth-order valence-electron chi connectivity index (χ4n) is 6.24. The monoisotopic (exact) mass is 446 g/mol. The summed E-state index contributed by atoms with van der Waals surface area (Å²) in [6.07, 6.45) is 2.28. The Kier molecular flexibility index (Phi) is 8.64. The third kappa shape index (κ3) is 6.20. The van der Waals surface area contributed by atoms with E-state index < -0.39 is 17.1 Å². The van der Waals surface area contributed by atoms with Gasteiger partial charge in [0.15, 0.2) is 0 Å². The van der Waals surface area contributed by atoms with Crippen molar-refractivity contribution in [3.63, 3.8) is 0 Å². The van der Waals surface area contributed by atoms with E-state index in [2.05, 4.69) is 126 Å². The molecule has 0 aromatic heterocycles. The van der Waals surface area contributed by atoms with Crippen molar-refractivity contribution in [1.82, 2.24) is 0 Å². The average Bonchev–Trinajstić information content (AvgIpc) is 2.54. The third-order valence-electron chi connectivity index (χ3n) is 6.92. The van der Waals surface area contributed by atoms with Crippen LogP contribution in [0.4, 0.5) is 0 Å². The summed E-state index contributed by atoms with van der Waals surface area (Å²) in [5.41, 5.74) is 1.71. The van der Waals surface area contributed by atoms with Gasteiger partial charge in [0.1, 0.15) is 0 Å². The summed E-state index contributed by atoms with van der Waals surface area (Å²) in [5, 5.41) is 0.949. The van der Waals surface area contributed by atoms with Crippen LogP contribution >= 0.6 is 0 Å². The second-order valence-corrected chi connectivity index (χ2v) is 23.9. The first-order valence-corrected chi connectivity index (χ1v) is 15.6. The van der Waals surface area contributed by atoms with E-state index in [0.717, 1.165) is 0 Å². The van der Waals surface area contributed by atoms with Crippen LogP contribution in [0.15, 0.2) is 43.0 Å². The van der Waals surface area contributed by atoms with Gasteiger partial charge in [0.05, 0.1) is 6.61 Å². The van der Waals surface area contributed by atoms with Gasteiger partial charge in [-0.05, 0) is 31.3 Å². The minimum absolute atomic E-state index is 0.105. The van der Waals surface area contributed by atoms with Gasteiger partial charge in [0.2, 0.25) is 8.32 Å². The molecule has 0 fully saturated rings. The molecule has 1 nitrogen and oxygen atoms in total. The highest BCUT2D eigenvalue weighted by Gasteiger charge is 2.60. The molecule has 1 aromatic rings. The highest BCUT2D eigenvalue weighted by molar-refractivity contribution is 6.83. The molecular formula is C27H50OSi2. The molecule has 30 heavy (non-hydrogen) atoms. The topological polar surface area (TPSA) is 9.23 Å². The molecule has 0 N–H and O–H groups in total. The lowest BCUT2D eigenvalue weighted by molar-refractivity contribution is 0.240. The first-order chi connectivity index (χ1) is 13.4. The van der Waals surface area contributed by atoms with Gasteiger partial charge in [-0.25, -0.2) is 0 Å². The van der Waals surface area contributed by atoms with Crippen LogP contribution in [-0.4, -0.2) is 17.1 Å². The van der Waals surface area contributed by atoms with Gasteiger partial charge in [-0.3, -0.25) is 0 Å². The largest absolute Gasteiger partial charge is 0.411 e. The predicted molar refractivity (Wildman–Crippen MR) is 142 cm³/mol. The molecule has 1 atom stereocenters. The van der Waals surface area contributed by atoms with Crippen LogP contribution in [0.5, 0.6) is 0 Å². The van der Waals surface area contributed by atoms with Crippen LogP contribution in [0.3, 0.4) is 0 Å². The summed E-state index contributed by atoms with van der Waals surface area (Å²) >= 11 is 0. The van der Waals surface area contributed by atoms with Crippen molar-refractivity contribution in [2.24, 2.45) is 0 Å². The van der Waals surface area contributed by atoms with Gasteiger partial charge in [-0.15, -0.1) is 6.58 Å².